The van der Waals surface area contributed by atoms with Gasteiger partial charge in [0, 0.05) is 18.7 Å². The lowest BCUT2D eigenvalue weighted by atomic mass is 10.0. The lowest BCUT2D eigenvalue weighted by Crippen LogP contribution is -2.28. The van der Waals surface area contributed by atoms with Crippen LogP contribution < -0.4 is 0 Å². The predicted octanol–water partition coefficient (Wildman–Crippen LogP) is 1.82. The first-order chi connectivity index (χ1) is 8.63. The van der Waals surface area contributed by atoms with Crippen molar-refractivity contribution < 1.29 is 9.90 Å². The van der Waals surface area contributed by atoms with Crippen molar-refractivity contribution in [2.75, 3.05) is 19.7 Å². The summed E-state index contributed by atoms with van der Waals surface area (Å²) in [5.41, 5.74) is 0.728. The van der Waals surface area contributed by atoms with E-state index in [9.17, 15) is 4.79 Å². The third-order valence-electron chi connectivity index (χ3n) is 3.44. The van der Waals surface area contributed by atoms with Crippen molar-refractivity contribution in [2.24, 2.45) is 11.8 Å². The van der Waals surface area contributed by atoms with Gasteiger partial charge in [-0.25, -0.2) is 0 Å². The zero-order valence-corrected chi connectivity index (χ0v) is 11.5. The van der Waals surface area contributed by atoms with Crippen molar-refractivity contribution in [3.05, 3.63) is 21.9 Å². The lowest BCUT2D eigenvalue weighted by molar-refractivity contribution is 0.0789. The highest BCUT2D eigenvalue weighted by atomic mass is 32.1. The Kier molecular flexibility index (Phi) is 4.05. The Morgan fingerprint density at radius 2 is 2.17 bits per heavy atom. The molecule has 96 valence electrons. The molecular formula is C14H17NO2S. The third-order valence-corrected chi connectivity index (χ3v) is 4.34. The van der Waals surface area contributed by atoms with Crippen LogP contribution in [0.4, 0.5) is 0 Å². The van der Waals surface area contributed by atoms with Gasteiger partial charge in [-0.05, 0) is 23.3 Å². The second-order valence-corrected chi connectivity index (χ2v) is 5.70. The monoisotopic (exact) mass is 263 g/mol. The first-order valence-electron chi connectivity index (χ1n) is 6.10. The van der Waals surface area contributed by atoms with Gasteiger partial charge in [0.15, 0.2) is 0 Å². The molecule has 18 heavy (non-hydrogen) atoms. The van der Waals surface area contributed by atoms with Gasteiger partial charge in [-0.2, -0.15) is 0 Å². The van der Waals surface area contributed by atoms with Gasteiger partial charge < -0.3 is 10.0 Å². The molecule has 1 N–H and O–H groups in total. The van der Waals surface area contributed by atoms with Crippen molar-refractivity contribution >= 4 is 17.2 Å². The number of aliphatic hydroxyl groups excluding tert-OH is 1. The molecule has 1 aliphatic heterocycles. The van der Waals surface area contributed by atoms with Gasteiger partial charge in [0.1, 0.15) is 11.5 Å². The molecule has 1 aromatic rings. The Labute approximate surface area is 111 Å². The van der Waals surface area contributed by atoms with E-state index in [1.165, 1.54) is 11.3 Å². The van der Waals surface area contributed by atoms with Gasteiger partial charge >= 0.3 is 0 Å². The van der Waals surface area contributed by atoms with Crippen LogP contribution in [-0.2, 0) is 0 Å². The molecule has 1 amide bonds. The smallest absolute Gasteiger partial charge is 0.265 e. The first-order valence-corrected chi connectivity index (χ1v) is 6.98. The van der Waals surface area contributed by atoms with Crippen LogP contribution in [0.2, 0.25) is 0 Å². The molecule has 0 spiro atoms. The van der Waals surface area contributed by atoms with Crippen molar-refractivity contribution in [1.82, 2.24) is 4.90 Å². The van der Waals surface area contributed by atoms with Crippen molar-refractivity contribution in [2.45, 2.75) is 13.8 Å². The molecule has 1 saturated heterocycles. The Morgan fingerprint density at radius 3 is 2.78 bits per heavy atom. The fourth-order valence-electron chi connectivity index (χ4n) is 2.15. The van der Waals surface area contributed by atoms with Gasteiger partial charge in [0.2, 0.25) is 0 Å². The number of rotatable bonds is 1. The molecule has 0 radical (unpaired) electrons. The number of amides is 1. The number of aliphatic hydroxyl groups is 1. The first kappa shape index (κ1) is 13.1. The minimum Gasteiger partial charge on any atom is -0.384 e. The molecule has 3 nitrogen and oxygen atoms in total. The Morgan fingerprint density at radius 1 is 1.50 bits per heavy atom. The van der Waals surface area contributed by atoms with Gasteiger partial charge in [-0.3, -0.25) is 4.79 Å². The second-order valence-electron chi connectivity index (χ2n) is 4.79. The number of carbonyl (C=O) groups excluding carboxylic acids is 1. The van der Waals surface area contributed by atoms with Crippen LogP contribution in [0, 0.1) is 23.7 Å². The normalized spacial score (nSPS) is 22.7. The zero-order chi connectivity index (χ0) is 13.1. The van der Waals surface area contributed by atoms with E-state index >= 15 is 0 Å². The number of hydrogen-bond donors (Lipinski definition) is 1. The molecule has 2 unspecified atom stereocenters. The standard InChI is InChI=1S/C14H17NO2S/c1-10-8-15(9-11(10)2)14(17)13-12(4-3-6-16)5-7-18-13/h5,7,10-11,16H,6,8-9H2,1-2H3. The minimum atomic E-state index is -0.179. The maximum Gasteiger partial charge on any atom is 0.265 e. The summed E-state index contributed by atoms with van der Waals surface area (Å²) in [6.45, 7) is 5.83. The number of thiophene rings is 1. The highest BCUT2D eigenvalue weighted by Crippen LogP contribution is 2.26. The van der Waals surface area contributed by atoms with E-state index in [4.69, 9.17) is 5.11 Å². The SMILES string of the molecule is CC1CN(C(=O)c2sccc2C#CCO)CC1C. The summed E-state index contributed by atoms with van der Waals surface area (Å²) in [5, 5.41) is 10.6. The quantitative estimate of drug-likeness (QED) is 0.785. The summed E-state index contributed by atoms with van der Waals surface area (Å²) >= 11 is 1.42. The molecule has 1 aromatic heterocycles. The summed E-state index contributed by atoms with van der Waals surface area (Å²) in [5.74, 6) is 6.61. The summed E-state index contributed by atoms with van der Waals surface area (Å²) in [7, 11) is 0. The summed E-state index contributed by atoms with van der Waals surface area (Å²) in [6, 6.07) is 1.84. The molecule has 0 bridgehead atoms. The molecule has 2 atom stereocenters. The fraction of sp³-hybridized carbons (Fsp3) is 0.500. The van der Waals surface area contributed by atoms with E-state index in [0.717, 1.165) is 18.7 Å². The molecular weight excluding hydrogens is 246 g/mol. The average Bonchev–Trinajstić information content (AvgIpc) is 2.94. The van der Waals surface area contributed by atoms with Gasteiger partial charge in [-0.15, -0.1) is 11.3 Å². The highest BCUT2D eigenvalue weighted by molar-refractivity contribution is 7.12. The molecule has 4 heteroatoms. The van der Waals surface area contributed by atoms with Crippen LogP contribution in [0.25, 0.3) is 0 Å². The Hall–Kier alpha value is -1.31. The van der Waals surface area contributed by atoms with Crippen molar-refractivity contribution in [1.29, 1.82) is 0 Å². The highest BCUT2D eigenvalue weighted by Gasteiger charge is 2.31. The molecule has 0 aromatic carbocycles. The number of carbonyl (C=O) groups is 1. The molecule has 2 rings (SSSR count). The average molecular weight is 263 g/mol. The fourth-order valence-corrected chi connectivity index (χ4v) is 2.96. The Balaban J connectivity index is 2.17. The van der Waals surface area contributed by atoms with Crippen LogP contribution in [0.15, 0.2) is 11.4 Å². The largest absolute Gasteiger partial charge is 0.384 e. The third kappa shape index (κ3) is 2.58. The molecule has 0 saturated carbocycles. The predicted molar refractivity (Wildman–Crippen MR) is 72.5 cm³/mol. The van der Waals surface area contributed by atoms with E-state index in [0.29, 0.717) is 16.7 Å². The number of nitrogens with zero attached hydrogens (tertiary/aromatic N) is 1. The van der Waals surface area contributed by atoms with Crippen LogP contribution in [0.5, 0.6) is 0 Å². The van der Waals surface area contributed by atoms with Crippen LogP contribution in [-0.4, -0.2) is 35.6 Å². The Bertz CT molecular complexity index is 487. The second kappa shape index (κ2) is 5.55. The summed E-state index contributed by atoms with van der Waals surface area (Å²) in [6.07, 6.45) is 0. The molecule has 0 aliphatic carbocycles. The van der Waals surface area contributed by atoms with Crippen LogP contribution in [0.1, 0.15) is 29.1 Å². The molecule has 1 aliphatic rings. The molecule has 1 fully saturated rings. The zero-order valence-electron chi connectivity index (χ0n) is 10.6. The van der Waals surface area contributed by atoms with Crippen LogP contribution in [0.3, 0.4) is 0 Å². The van der Waals surface area contributed by atoms with E-state index in [-0.39, 0.29) is 12.5 Å². The van der Waals surface area contributed by atoms with E-state index < -0.39 is 0 Å². The van der Waals surface area contributed by atoms with Gasteiger partial charge in [-0.1, -0.05) is 25.7 Å². The van der Waals surface area contributed by atoms with Gasteiger partial charge in [0.05, 0.1) is 0 Å². The topological polar surface area (TPSA) is 40.5 Å². The maximum absolute atomic E-state index is 12.4. The van der Waals surface area contributed by atoms with Crippen molar-refractivity contribution in [3.63, 3.8) is 0 Å². The number of likely N-dealkylation sites (tertiary alicyclic amines) is 1. The van der Waals surface area contributed by atoms with E-state index in [2.05, 4.69) is 25.7 Å². The van der Waals surface area contributed by atoms with E-state index in [1.54, 1.807) is 0 Å². The lowest BCUT2D eigenvalue weighted by Gasteiger charge is -2.15. The number of hydrogen-bond acceptors (Lipinski definition) is 3. The summed E-state index contributed by atoms with van der Waals surface area (Å²) < 4.78 is 0. The van der Waals surface area contributed by atoms with E-state index in [1.807, 2.05) is 16.3 Å². The summed E-state index contributed by atoms with van der Waals surface area (Å²) in [4.78, 5) is 15.0. The van der Waals surface area contributed by atoms with Crippen molar-refractivity contribution in [3.8, 4) is 11.8 Å². The maximum atomic E-state index is 12.4. The molecule has 2 heterocycles. The minimum absolute atomic E-state index is 0.0726. The van der Waals surface area contributed by atoms with Crippen LogP contribution >= 0.6 is 11.3 Å². The van der Waals surface area contributed by atoms with Gasteiger partial charge in [0.25, 0.3) is 5.91 Å².